The number of nitrogens with zero attached hydrogens (tertiary/aromatic N) is 1. The molecule has 0 aromatic heterocycles. The van der Waals surface area contributed by atoms with Crippen LogP contribution in [-0.2, 0) is 4.74 Å². The van der Waals surface area contributed by atoms with Crippen LogP contribution in [0.5, 0.6) is 0 Å². The van der Waals surface area contributed by atoms with Gasteiger partial charge in [-0.05, 0) is 32.7 Å². The van der Waals surface area contributed by atoms with E-state index in [2.05, 4.69) is 25.7 Å². The Morgan fingerprint density at radius 1 is 1.47 bits per heavy atom. The van der Waals surface area contributed by atoms with Crippen LogP contribution in [0.15, 0.2) is 0 Å². The molecule has 2 unspecified atom stereocenters. The van der Waals surface area contributed by atoms with E-state index >= 15 is 0 Å². The van der Waals surface area contributed by atoms with Crippen LogP contribution in [0.1, 0.15) is 47.0 Å². The lowest BCUT2D eigenvalue weighted by Crippen LogP contribution is -2.46. The highest BCUT2D eigenvalue weighted by Gasteiger charge is 2.29. The summed E-state index contributed by atoms with van der Waals surface area (Å²) in [4.78, 5) is 2.44. The highest BCUT2D eigenvalue weighted by molar-refractivity contribution is 4.82. The van der Waals surface area contributed by atoms with Crippen molar-refractivity contribution in [2.24, 2.45) is 5.41 Å². The molecule has 3 heteroatoms. The zero-order valence-electron chi connectivity index (χ0n) is 11.9. The molecule has 1 heterocycles. The molecule has 0 saturated carbocycles. The molecule has 1 N–H and O–H groups in total. The van der Waals surface area contributed by atoms with Gasteiger partial charge in [-0.25, -0.2) is 0 Å². The summed E-state index contributed by atoms with van der Waals surface area (Å²) in [5.74, 6) is 0. The average molecular weight is 243 g/mol. The summed E-state index contributed by atoms with van der Waals surface area (Å²) < 4.78 is 5.83. The number of likely N-dealkylation sites (tertiary alicyclic amines) is 1. The molecule has 0 amide bonds. The second kappa shape index (κ2) is 6.72. The Morgan fingerprint density at radius 2 is 2.18 bits per heavy atom. The summed E-state index contributed by atoms with van der Waals surface area (Å²) in [5, 5.41) is 9.76. The Hall–Kier alpha value is -0.120. The van der Waals surface area contributed by atoms with Crippen molar-refractivity contribution in [2.75, 3.05) is 26.2 Å². The molecule has 0 radical (unpaired) electrons. The zero-order valence-corrected chi connectivity index (χ0v) is 11.9. The Kier molecular flexibility index (Phi) is 5.90. The largest absolute Gasteiger partial charge is 0.393 e. The van der Waals surface area contributed by atoms with Crippen LogP contribution in [0.2, 0.25) is 0 Å². The first-order valence-electron chi connectivity index (χ1n) is 6.97. The lowest BCUT2D eigenvalue weighted by Gasteiger charge is -2.39. The van der Waals surface area contributed by atoms with Crippen LogP contribution < -0.4 is 0 Å². The molecule has 0 aromatic carbocycles. The Labute approximate surface area is 106 Å². The normalized spacial score (nSPS) is 24.9. The molecule has 1 fully saturated rings. The van der Waals surface area contributed by atoms with Gasteiger partial charge in [-0.2, -0.15) is 0 Å². The zero-order chi connectivity index (χ0) is 12.9. The van der Waals surface area contributed by atoms with Crippen molar-refractivity contribution in [3.63, 3.8) is 0 Å². The Bertz CT molecular complexity index is 216. The summed E-state index contributed by atoms with van der Waals surface area (Å²) in [6.07, 6.45) is 3.62. The fourth-order valence-electron chi connectivity index (χ4n) is 2.29. The fourth-order valence-corrected chi connectivity index (χ4v) is 2.29. The smallest absolute Gasteiger partial charge is 0.0702 e. The number of rotatable bonds is 6. The number of piperidine rings is 1. The van der Waals surface area contributed by atoms with E-state index < -0.39 is 0 Å². The van der Waals surface area contributed by atoms with Gasteiger partial charge < -0.3 is 14.7 Å². The first-order valence-corrected chi connectivity index (χ1v) is 6.97. The maximum Gasteiger partial charge on any atom is 0.0702 e. The molecule has 17 heavy (non-hydrogen) atoms. The molecule has 2 atom stereocenters. The molecular weight excluding hydrogens is 214 g/mol. The van der Waals surface area contributed by atoms with Gasteiger partial charge in [0.1, 0.15) is 0 Å². The lowest BCUT2D eigenvalue weighted by molar-refractivity contribution is -0.0258. The predicted molar refractivity (Wildman–Crippen MR) is 71.2 cm³/mol. The van der Waals surface area contributed by atoms with Crippen molar-refractivity contribution in [1.82, 2.24) is 4.90 Å². The van der Waals surface area contributed by atoms with E-state index in [4.69, 9.17) is 4.74 Å². The van der Waals surface area contributed by atoms with Gasteiger partial charge in [0.2, 0.25) is 0 Å². The van der Waals surface area contributed by atoms with Gasteiger partial charge in [-0.3, -0.25) is 0 Å². The van der Waals surface area contributed by atoms with Gasteiger partial charge in [-0.1, -0.05) is 20.8 Å². The van der Waals surface area contributed by atoms with Crippen molar-refractivity contribution >= 4 is 0 Å². The molecular formula is C14H29NO2. The van der Waals surface area contributed by atoms with Crippen molar-refractivity contribution in [2.45, 2.75) is 59.2 Å². The molecule has 0 bridgehead atoms. The first-order chi connectivity index (χ1) is 7.95. The van der Waals surface area contributed by atoms with Crippen molar-refractivity contribution < 1.29 is 9.84 Å². The minimum atomic E-state index is -0.264. The van der Waals surface area contributed by atoms with Gasteiger partial charge in [0.15, 0.2) is 0 Å². The molecule has 0 aromatic rings. The van der Waals surface area contributed by atoms with Gasteiger partial charge in [-0.15, -0.1) is 0 Å². The van der Waals surface area contributed by atoms with Gasteiger partial charge in [0, 0.05) is 25.1 Å². The second-order valence-corrected chi connectivity index (χ2v) is 6.03. The monoisotopic (exact) mass is 243 g/mol. The average Bonchev–Trinajstić information content (AvgIpc) is 2.26. The second-order valence-electron chi connectivity index (χ2n) is 6.03. The van der Waals surface area contributed by atoms with E-state index in [1.54, 1.807) is 0 Å². The molecule has 102 valence electrons. The van der Waals surface area contributed by atoms with Crippen LogP contribution in [0.4, 0.5) is 0 Å². The van der Waals surface area contributed by atoms with Crippen LogP contribution in [-0.4, -0.2) is 48.5 Å². The van der Waals surface area contributed by atoms with Crippen LogP contribution in [0.25, 0.3) is 0 Å². The fraction of sp³-hybridized carbons (Fsp3) is 1.00. The molecule has 1 saturated heterocycles. The van der Waals surface area contributed by atoms with Gasteiger partial charge in [0.05, 0.1) is 12.2 Å². The van der Waals surface area contributed by atoms with Crippen LogP contribution in [0, 0.1) is 5.41 Å². The molecule has 0 spiro atoms. The Balaban J connectivity index is 2.39. The number of ether oxygens (including phenoxy) is 1. The highest BCUT2D eigenvalue weighted by atomic mass is 16.5. The van der Waals surface area contributed by atoms with Gasteiger partial charge >= 0.3 is 0 Å². The SMILES string of the molecule is CCCOC1CCCN(CC(C)(C)C(C)O)C1. The minimum absolute atomic E-state index is 0.0351. The predicted octanol–water partition coefficient (Wildman–Crippen LogP) is 2.28. The number of hydrogen-bond donors (Lipinski definition) is 1. The molecule has 1 aliphatic heterocycles. The van der Waals surface area contributed by atoms with Crippen LogP contribution in [0.3, 0.4) is 0 Å². The molecule has 1 rings (SSSR count). The Morgan fingerprint density at radius 3 is 2.76 bits per heavy atom. The van der Waals surface area contributed by atoms with E-state index in [9.17, 15) is 5.11 Å². The van der Waals surface area contributed by atoms with E-state index in [-0.39, 0.29) is 11.5 Å². The highest BCUT2D eigenvalue weighted by Crippen LogP contribution is 2.24. The summed E-state index contributed by atoms with van der Waals surface area (Å²) in [6.45, 7) is 12.3. The third kappa shape index (κ3) is 4.94. The van der Waals surface area contributed by atoms with E-state index in [1.807, 2.05) is 6.92 Å². The summed E-state index contributed by atoms with van der Waals surface area (Å²) in [7, 11) is 0. The summed E-state index contributed by atoms with van der Waals surface area (Å²) in [5.41, 5.74) is -0.0351. The van der Waals surface area contributed by atoms with Gasteiger partial charge in [0.25, 0.3) is 0 Å². The quantitative estimate of drug-likeness (QED) is 0.777. The number of aliphatic hydroxyl groups excluding tert-OH is 1. The van der Waals surface area contributed by atoms with E-state index in [1.165, 1.54) is 12.8 Å². The number of aliphatic hydroxyl groups is 1. The number of hydrogen-bond acceptors (Lipinski definition) is 3. The topological polar surface area (TPSA) is 32.7 Å². The van der Waals surface area contributed by atoms with E-state index in [0.717, 1.165) is 32.7 Å². The lowest BCUT2D eigenvalue weighted by atomic mass is 9.86. The first kappa shape index (κ1) is 14.9. The summed E-state index contributed by atoms with van der Waals surface area (Å²) >= 11 is 0. The summed E-state index contributed by atoms with van der Waals surface area (Å²) in [6, 6.07) is 0. The minimum Gasteiger partial charge on any atom is -0.393 e. The van der Waals surface area contributed by atoms with E-state index in [0.29, 0.717) is 6.10 Å². The van der Waals surface area contributed by atoms with Crippen molar-refractivity contribution in [1.29, 1.82) is 0 Å². The maximum absolute atomic E-state index is 9.76. The van der Waals surface area contributed by atoms with Crippen LogP contribution >= 0.6 is 0 Å². The third-order valence-corrected chi connectivity index (χ3v) is 3.78. The standard InChI is InChI=1S/C14H29NO2/c1-5-9-17-13-7-6-8-15(10-13)11-14(3,4)12(2)16/h12-13,16H,5-11H2,1-4H3. The molecule has 1 aliphatic rings. The van der Waals surface area contributed by atoms with Crippen molar-refractivity contribution in [3.05, 3.63) is 0 Å². The molecule has 3 nitrogen and oxygen atoms in total. The maximum atomic E-state index is 9.76. The third-order valence-electron chi connectivity index (χ3n) is 3.78. The van der Waals surface area contributed by atoms with Crippen molar-refractivity contribution in [3.8, 4) is 0 Å². The molecule has 0 aliphatic carbocycles.